The van der Waals surface area contributed by atoms with Gasteiger partial charge in [0.1, 0.15) is 5.82 Å². The molecule has 0 aliphatic carbocycles. The summed E-state index contributed by atoms with van der Waals surface area (Å²) in [7, 11) is 1.97. The van der Waals surface area contributed by atoms with Crippen molar-refractivity contribution in [2.24, 2.45) is 12.8 Å². The van der Waals surface area contributed by atoms with Crippen LogP contribution in [0.1, 0.15) is 30.5 Å². The van der Waals surface area contributed by atoms with Crippen molar-refractivity contribution in [3.63, 3.8) is 0 Å². The second-order valence-electron chi connectivity index (χ2n) is 6.56. The molecule has 1 atom stereocenters. The number of carbonyl (C=O) groups is 1. The number of benzene rings is 2. The summed E-state index contributed by atoms with van der Waals surface area (Å²) in [6.07, 6.45) is 2.69. The van der Waals surface area contributed by atoms with E-state index in [0.29, 0.717) is 6.42 Å². The van der Waals surface area contributed by atoms with Gasteiger partial charge in [0.05, 0.1) is 5.69 Å². The zero-order valence-electron chi connectivity index (χ0n) is 15.0. The Labute approximate surface area is 153 Å². The Balaban J connectivity index is 1.82. The Morgan fingerprint density at radius 1 is 1.12 bits per heavy atom. The maximum atomic E-state index is 10.7. The van der Waals surface area contributed by atoms with E-state index in [9.17, 15) is 4.79 Å². The summed E-state index contributed by atoms with van der Waals surface area (Å²) in [5.41, 5.74) is 11.0. The molecule has 134 valence electrons. The minimum Gasteiger partial charge on any atom is -0.481 e. The van der Waals surface area contributed by atoms with Crippen LogP contribution in [-0.4, -0.2) is 20.6 Å². The Kier molecular flexibility index (Phi) is 5.19. The van der Waals surface area contributed by atoms with Gasteiger partial charge in [-0.1, -0.05) is 48.5 Å². The molecule has 0 amide bonds. The van der Waals surface area contributed by atoms with Crippen molar-refractivity contribution < 1.29 is 9.90 Å². The molecule has 3 rings (SSSR count). The fourth-order valence-electron chi connectivity index (χ4n) is 2.90. The van der Waals surface area contributed by atoms with Gasteiger partial charge in [0, 0.05) is 36.8 Å². The van der Waals surface area contributed by atoms with Crippen LogP contribution in [0.2, 0.25) is 0 Å². The van der Waals surface area contributed by atoms with E-state index < -0.39 is 5.97 Å². The van der Waals surface area contributed by atoms with Crippen molar-refractivity contribution in [3.8, 4) is 22.6 Å². The number of aryl methyl sites for hydroxylation is 2. The molecule has 5 nitrogen and oxygen atoms in total. The van der Waals surface area contributed by atoms with Gasteiger partial charge in [-0.25, -0.2) is 4.98 Å². The van der Waals surface area contributed by atoms with Gasteiger partial charge in [-0.3, -0.25) is 4.79 Å². The predicted octanol–water partition coefficient (Wildman–Crippen LogP) is 3.79. The van der Waals surface area contributed by atoms with E-state index in [-0.39, 0.29) is 12.5 Å². The lowest BCUT2D eigenvalue weighted by atomic mass is 10.1. The Morgan fingerprint density at radius 2 is 1.73 bits per heavy atom. The quantitative estimate of drug-likeness (QED) is 0.709. The maximum Gasteiger partial charge on any atom is 0.303 e. The molecular weight excluding hydrogens is 326 g/mol. The van der Waals surface area contributed by atoms with Crippen LogP contribution in [-0.2, 0) is 18.3 Å². The van der Waals surface area contributed by atoms with Crippen LogP contribution in [0.25, 0.3) is 22.6 Å². The normalized spacial score (nSPS) is 12.1. The van der Waals surface area contributed by atoms with E-state index in [1.54, 1.807) is 0 Å². The standard InChI is InChI=1S/C21H23N3O2/c1-14(22)16-8-10-17(11-9-16)19-13-24(2)21(23-19)18-6-3-15(4-7-18)5-12-20(25)26/h3-4,6-11,13-14H,5,12,22H2,1-2H3,(H,25,26). The summed E-state index contributed by atoms with van der Waals surface area (Å²) in [5.74, 6) is 0.0962. The molecule has 1 heterocycles. The van der Waals surface area contributed by atoms with Crippen molar-refractivity contribution in [1.82, 2.24) is 9.55 Å². The number of aliphatic carboxylic acids is 1. The molecule has 0 saturated heterocycles. The third-order valence-electron chi connectivity index (χ3n) is 4.45. The Morgan fingerprint density at radius 3 is 2.31 bits per heavy atom. The van der Waals surface area contributed by atoms with Crippen LogP contribution in [0.3, 0.4) is 0 Å². The number of nitrogens with zero attached hydrogens (tertiary/aromatic N) is 2. The molecule has 3 N–H and O–H groups in total. The summed E-state index contributed by atoms with van der Waals surface area (Å²) in [5, 5.41) is 8.78. The van der Waals surface area contributed by atoms with Gasteiger partial charge in [-0.05, 0) is 24.5 Å². The molecular formula is C21H23N3O2. The zero-order chi connectivity index (χ0) is 18.7. The van der Waals surface area contributed by atoms with Crippen LogP contribution in [0.5, 0.6) is 0 Å². The first kappa shape index (κ1) is 17.9. The van der Waals surface area contributed by atoms with Gasteiger partial charge in [0.2, 0.25) is 0 Å². The second-order valence-corrected chi connectivity index (χ2v) is 6.56. The molecule has 0 spiro atoms. The molecule has 0 fully saturated rings. The average molecular weight is 349 g/mol. The summed E-state index contributed by atoms with van der Waals surface area (Å²) >= 11 is 0. The highest BCUT2D eigenvalue weighted by Gasteiger charge is 2.10. The third-order valence-corrected chi connectivity index (χ3v) is 4.45. The van der Waals surface area contributed by atoms with Crippen molar-refractivity contribution in [3.05, 3.63) is 65.9 Å². The monoisotopic (exact) mass is 349 g/mol. The molecule has 1 unspecified atom stereocenters. The number of carboxylic acids is 1. The largest absolute Gasteiger partial charge is 0.481 e. The molecule has 26 heavy (non-hydrogen) atoms. The van der Waals surface area contributed by atoms with Crippen molar-refractivity contribution in [2.45, 2.75) is 25.8 Å². The van der Waals surface area contributed by atoms with Crippen LogP contribution < -0.4 is 5.73 Å². The number of carboxylic acid groups (broad SMARTS) is 1. The lowest BCUT2D eigenvalue weighted by molar-refractivity contribution is -0.136. The van der Waals surface area contributed by atoms with Crippen LogP contribution >= 0.6 is 0 Å². The lowest BCUT2D eigenvalue weighted by Gasteiger charge is -2.05. The van der Waals surface area contributed by atoms with Gasteiger partial charge in [-0.15, -0.1) is 0 Å². The first-order valence-corrected chi connectivity index (χ1v) is 8.64. The second kappa shape index (κ2) is 7.54. The van der Waals surface area contributed by atoms with Gasteiger partial charge in [0.15, 0.2) is 0 Å². The smallest absolute Gasteiger partial charge is 0.303 e. The van der Waals surface area contributed by atoms with Crippen LogP contribution in [0, 0.1) is 0 Å². The molecule has 0 radical (unpaired) electrons. The van der Waals surface area contributed by atoms with Crippen molar-refractivity contribution in [1.29, 1.82) is 0 Å². The van der Waals surface area contributed by atoms with E-state index in [4.69, 9.17) is 15.8 Å². The molecule has 3 aromatic rings. The third kappa shape index (κ3) is 4.00. The molecule has 2 aromatic carbocycles. The van der Waals surface area contributed by atoms with Gasteiger partial charge >= 0.3 is 5.97 Å². The summed E-state index contributed by atoms with van der Waals surface area (Å²) in [6, 6.07) is 16.1. The van der Waals surface area contributed by atoms with E-state index in [2.05, 4.69) is 0 Å². The summed E-state index contributed by atoms with van der Waals surface area (Å²) in [6.45, 7) is 1.97. The molecule has 0 aliphatic heterocycles. The van der Waals surface area contributed by atoms with E-state index >= 15 is 0 Å². The minimum atomic E-state index is -0.780. The lowest BCUT2D eigenvalue weighted by Crippen LogP contribution is -2.04. The molecule has 5 heteroatoms. The van der Waals surface area contributed by atoms with E-state index in [1.807, 2.05) is 73.3 Å². The zero-order valence-corrected chi connectivity index (χ0v) is 15.0. The van der Waals surface area contributed by atoms with Gasteiger partial charge < -0.3 is 15.4 Å². The average Bonchev–Trinajstić information content (AvgIpc) is 3.02. The minimum absolute atomic E-state index is 0.0167. The number of aromatic nitrogens is 2. The topological polar surface area (TPSA) is 81.1 Å². The van der Waals surface area contributed by atoms with Crippen molar-refractivity contribution in [2.75, 3.05) is 0 Å². The summed E-state index contributed by atoms with van der Waals surface area (Å²) in [4.78, 5) is 15.4. The number of hydrogen-bond acceptors (Lipinski definition) is 3. The van der Waals surface area contributed by atoms with Gasteiger partial charge in [-0.2, -0.15) is 0 Å². The number of rotatable bonds is 6. The highest BCUT2D eigenvalue weighted by Crippen LogP contribution is 2.25. The Bertz CT molecular complexity index is 894. The molecule has 1 aromatic heterocycles. The number of nitrogens with two attached hydrogens (primary N) is 1. The van der Waals surface area contributed by atoms with Crippen LogP contribution in [0.15, 0.2) is 54.7 Å². The van der Waals surface area contributed by atoms with E-state index in [0.717, 1.165) is 33.8 Å². The first-order chi connectivity index (χ1) is 12.4. The van der Waals surface area contributed by atoms with Crippen molar-refractivity contribution >= 4 is 5.97 Å². The molecule has 0 saturated carbocycles. The van der Waals surface area contributed by atoms with Gasteiger partial charge in [0.25, 0.3) is 0 Å². The number of imidazole rings is 1. The fourth-order valence-corrected chi connectivity index (χ4v) is 2.90. The Hall–Kier alpha value is -2.92. The predicted molar refractivity (Wildman–Crippen MR) is 103 cm³/mol. The first-order valence-electron chi connectivity index (χ1n) is 8.64. The SMILES string of the molecule is CC(N)c1ccc(-c2cn(C)c(-c3ccc(CCC(=O)O)cc3)n2)cc1. The number of hydrogen-bond donors (Lipinski definition) is 2. The highest BCUT2D eigenvalue weighted by molar-refractivity contribution is 5.67. The highest BCUT2D eigenvalue weighted by atomic mass is 16.4. The fraction of sp³-hybridized carbons (Fsp3) is 0.238. The maximum absolute atomic E-state index is 10.7. The van der Waals surface area contributed by atoms with E-state index in [1.165, 1.54) is 0 Å². The molecule has 0 aliphatic rings. The van der Waals surface area contributed by atoms with Crippen LogP contribution in [0.4, 0.5) is 0 Å². The molecule has 0 bridgehead atoms. The summed E-state index contributed by atoms with van der Waals surface area (Å²) < 4.78 is 2.00.